The van der Waals surface area contributed by atoms with Gasteiger partial charge in [0.15, 0.2) is 0 Å². The molecule has 0 fully saturated rings. The van der Waals surface area contributed by atoms with Gasteiger partial charge in [0, 0.05) is 24.3 Å². The highest BCUT2D eigenvalue weighted by Crippen LogP contribution is 2.21. The molecule has 20 heavy (non-hydrogen) atoms. The first-order valence-corrected chi connectivity index (χ1v) is 7.61. The van der Waals surface area contributed by atoms with Crippen LogP contribution in [0.25, 0.3) is 0 Å². The topological polar surface area (TPSA) is 41.1 Å². The molecule has 0 saturated heterocycles. The van der Waals surface area contributed by atoms with Gasteiger partial charge in [-0.25, -0.2) is 0 Å². The molecule has 1 amide bonds. The number of nitrogens with one attached hydrogen (secondary N) is 2. The van der Waals surface area contributed by atoms with Crippen LogP contribution < -0.4 is 10.6 Å². The Kier molecular flexibility index (Phi) is 6.56. The van der Waals surface area contributed by atoms with Crippen molar-refractivity contribution in [3.8, 4) is 0 Å². The van der Waals surface area contributed by atoms with Gasteiger partial charge in [-0.3, -0.25) is 4.79 Å². The molecule has 1 aromatic carbocycles. The maximum Gasteiger partial charge on any atom is 0.251 e. The molecule has 0 aliphatic carbocycles. The molecule has 3 heteroatoms. The van der Waals surface area contributed by atoms with Crippen LogP contribution in [0.5, 0.6) is 0 Å². The van der Waals surface area contributed by atoms with Crippen molar-refractivity contribution in [3.05, 3.63) is 29.3 Å². The molecule has 0 bridgehead atoms. The number of anilines is 1. The number of hydrogen-bond acceptors (Lipinski definition) is 2. The molecule has 1 aromatic rings. The van der Waals surface area contributed by atoms with E-state index in [-0.39, 0.29) is 5.91 Å². The minimum atomic E-state index is -0.0358. The van der Waals surface area contributed by atoms with Gasteiger partial charge in [-0.2, -0.15) is 0 Å². The highest BCUT2D eigenvalue weighted by molar-refractivity contribution is 5.94. The van der Waals surface area contributed by atoms with Gasteiger partial charge in [0.1, 0.15) is 0 Å². The Morgan fingerprint density at radius 1 is 1.25 bits per heavy atom. The lowest BCUT2D eigenvalue weighted by Crippen LogP contribution is -2.22. The van der Waals surface area contributed by atoms with Crippen LogP contribution in [0, 0.1) is 12.8 Å². The molecular weight excluding hydrogens is 248 g/mol. The van der Waals surface area contributed by atoms with Crippen molar-refractivity contribution in [3.63, 3.8) is 0 Å². The average Bonchev–Trinajstić information content (AvgIpc) is 2.47. The molecule has 1 rings (SSSR count). The standard InChI is InChI=1S/C17H28N2O/c1-6-12(3)10-15(7-2)19-16-9-8-14(11-13(16)4)17(20)18-5/h8-9,11-12,15,19H,6-7,10H2,1-5H3,(H,18,20). The Morgan fingerprint density at radius 3 is 2.45 bits per heavy atom. The van der Waals surface area contributed by atoms with Gasteiger partial charge < -0.3 is 10.6 Å². The fourth-order valence-electron chi connectivity index (χ4n) is 2.31. The van der Waals surface area contributed by atoms with E-state index >= 15 is 0 Å². The van der Waals surface area contributed by atoms with Crippen molar-refractivity contribution < 1.29 is 4.79 Å². The minimum Gasteiger partial charge on any atom is -0.382 e. The quantitative estimate of drug-likeness (QED) is 0.791. The largest absolute Gasteiger partial charge is 0.382 e. The van der Waals surface area contributed by atoms with E-state index in [1.165, 1.54) is 12.8 Å². The average molecular weight is 276 g/mol. The van der Waals surface area contributed by atoms with Crippen molar-refractivity contribution >= 4 is 11.6 Å². The van der Waals surface area contributed by atoms with Crippen LogP contribution in [0.15, 0.2) is 18.2 Å². The van der Waals surface area contributed by atoms with E-state index in [2.05, 4.69) is 31.4 Å². The highest BCUT2D eigenvalue weighted by atomic mass is 16.1. The summed E-state index contributed by atoms with van der Waals surface area (Å²) in [6.07, 6.45) is 3.51. The Labute approximate surface area is 123 Å². The number of hydrogen-bond donors (Lipinski definition) is 2. The van der Waals surface area contributed by atoms with Gasteiger partial charge >= 0.3 is 0 Å². The van der Waals surface area contributed by atoms with Gasteiger partial charge in [-0.15, -0.1) is 0 Å². The predicted octanol–water partition coefficient (Wildman–Crippen LogP) is 3.98. The summed E-state index contributed by atoms with van der Waals surface area (Å²) in [4.78, 5) is 11.6. The molecule has 112 valence electrons. The van der Waals surface area contributed by atoms with E-state index < -0.39 is 0 Å². The van der Waals surface area contributed by atoms with Crippen LogP contribution >= 0.6 is 0 Å². The van der Waals surface area contributed by atoms with Crippen LogP contribution in [-0.4, -0.2) is 19.0 Å². The van der Waals surface area contributed by atoms with Crippen LogP contribution in [0.2, 0.25) is 0 Å². The Bertz CT molecular complexity index is 443. The second-order valence-electron chi connectivity index (χ2n) is 5.61. The maximum absolute atomic E-state index is 11.6. The third kappa shape index (κ3) is 4.55. The van der Waals surface area contributed by atoms with Gasteiger partial charge in [-0.1, -0.05) is 27.2 Å². The zero-order chi connectivity index (χ0) is 15.1. The fraction of sp³-hybridized carbons (Fsp3) is 0.588. The van der Waals surface area contributed by atoms with E-state index in [0.29, 0.717) is 11.6 Å². The Hall–Kier alpha value is -1.51. The SMILES string of the molecule is CCC(C)CC(CC)Nc1ccc(C(=O)NC)cc1C. The van der Waals surface area contributed by atoms with E-state index in [9.17, 15) is 4.79 Å². The second kappa shape index (κ2) is 7.93. The maximum atomic E-state index is 11.6. The van der Waals surface area contributed by atoms with Crippen molar-refractivity contribution in [1.29, 1.82) is 0 Å². The Balaban J connectivity index is 2.78. The summed E-state index contributed by atoms with van der Waals surface area (Å²) >= 11 is 0. The van der Waals surface area contributed by atoms with Crippen molar-refractivity contribution in [2.75, 3.05) is 12.4 Å². The fourth-order valence-corrected chi connectivity index (χ4v) is 2.31. The summed E-state index contributed by atoms with van der Waals surface area (Å²) in [7, 11) is 1.66. The summed E-state index contributed by atoms with van der Waals surface area (Å²) < 4.78 is 0. The number of rotatable bonds is 7. The van der Waals surface area contributed by atoms with E-state index in [0.717, 1.165) is 23.6 Å². The smallest absolute Gasteiger partial charge is 0.251 e. The summed E-state index contributed by atoms with van der Waals surface area (Å²) in [5.74, 6) is 0.698. The number of amides is 1. The molecule has 0 spiro atoms. The van der Waals surface area contributed by atoms with Crippen molar-refractivity contribution in [2.45, 2.75) is 53.0 Å². The van der Waals surface area contributed by atoms with Gasteiger partial charge in [0.2, 0.25) is 0 Å². The van der Waals surface area contributed by atoms with Crippen LogP contribution in [-0.2, 0) is 0 Å². The molecule has 0 saturated carbocycles. The first kappa shape index (κ1) is 16.5. The lowest BCUT2D eigenvalue weighted by atomic mass is 9.97. The lowest BCUT2D eigenvalue weighted by Gasteiger charge is -2.22. The first-order valence-electron chi connectivity index (χ1n) is 7.61. The van der Waals surface area contributed by atoms with E-state index in [1.54, 1.807) is 7.05 Å². The third-order valence-corrected chi connectivity index (χ3v) is 3.95. The summed E-state index contributed by atoms with van der Waals surface area (Å²) in [6.45, 7) is 8.80. The molecule has 2 atom stereocenters. The predicted molar refractivity (Wildman–Crippen MR) is 86.3 cm³/mol. The molecule has 3 nitrogen and oxygen atoms in total. The lowest BCUT2D eigenvalue weighted by molar-refractivity contribution is 0.0963. The minimum absolute atomic E-state index is 0.0358. The zero-order valence-electron chi connectivity index (χ0n) is 13.4. The first-order chi connectivity index (χ1) is 9.51. The monoisotopic (exact) mass is 276 g/mol. The second-order valence-corrected chi connectivity index (χ2v) is 5.61. The normalized spacial score (nSPS) is 13.7. The van der Waals surface area contributed by atoms with E-state index in [1.807, 2.05) is 25.1 Å². The summed E-state index contributed by atoms with van der Waals surface area (Å²) in [5, 5.41) is 6.27. The molecule has 0 heterocycles. The van der Waals surface area contributed by atoms with Gasteiger partial charge in [0.25, 0.3) is 5.91 Å². The molecule has 0 aliphatic rings. The van der Waals surface area contributed by atoms with Crippen molar-refractivity contribution in [1.82, 2.24) is 5.32 Å². The number of benzene rings is 1. The molecule has 0 aromatic heterocycles. The highest BCUT2D eigenvalue weighted by Gasteiger charge is 2.12. The summed E-state index contributed by atoms with van der Waals surface area (Å²) in [5.41, 5.74) is 2.96. The molecule has 2 unspecified atom stereocenters. The summed E-state index contributed by atoms with van der Waals surface area (Å²) in [6, 6.07) is 6.33. The van der Waals surface area contributed by atoms with Crippen LogP contribution in [0.4, 0.5) is 5.69 Å². The van der Waals surface area contributed by atoms with Crippen LogP contribution in [0.1, 0.15) is 56.0 Å². The molecule has 0 aliphatic heterocycles. The zero-order valence-corrected chi connectivity index (χ0v) is 13.4. The molecular formula is C17H28N2O. The number of carbonyl (C=O) groups excluding carboxylic acids is 1. The van der Waals surface area contributed by atoms with E-state index in [4.69, 9.17) is 0 Å². The van der Waals surface area contributed by atoms with Gasteiger partial charge in [0.05, 0.1) is 0 Å². The van der Waals surface area contributed by atoms with Crippen molar-refractivity contribution in [2.24, 2.45) is 5.92 Å². The van der Waals surface area contributed by atoms with Crippen LogP contribution in [0.3, 0.4) is 0 Å². The van der Waals surface area contributed by atoms with Gasteiger partial charge in [-0.05, 0) is 49.4 Å². The Morgan fingerprint density at radius 2 is 1.95 bits per heavy atom. The molecule has 0 radical (unpaired) electrons. The number of aryl methyl sites for hydroxylation is 1. The third-order valence-electron chi connectivity index (χ3n) is 3.95. The number of carbonyl (C=O) groups is 1. The molecule has 2 N–H and O–H groups in total.